The first-order valence-corrected chi connectivity index (χ1v) is 9.01. The number of halogens is 2. The Balaban J connectivity index is 1.73. The van der Waals surface area contributed by atoms with Crippen LogP contribution in [0.4, 0.5) is 8.78 Å². The van der Waals surface area contributed by atoms with E-state index >= 15 is 0 Å². The molecular weight excluding hydrogens is 332 g/mol. The maximum absolute atomic E-state index is 13.7. The summed E-state index contributed by atoms with van der Waals surface area (Å²) < 4.78 is 53.2. The minimum absolute atomic E-state index is 0.148. The molecule has 0 N–H and O–H groups in total. The lowest BCUT2D eigenvalue weighted by Gasteiger charge is -2.18. The van der Waals surface area contributed by atoms with Crippen molar-refractivity contribution in [1.29, 1.82) is 0 Å². The van der Waals surface area contributed by atoms with Gasteiger partial charge in [-0.3, -0.25) is 4.31 Å². The number of benzene rings is 2. The van der Waals surface area contributed by atoms with Crippen LogP contribution in [0.3, 0.4) is 0 Å². The highest BCUT2D eigenvalue weighted by Crippen LogP contribution is 2.25. The first-order valence-electron chi connectivity index (χ1n) is 7.57. The van der Waals surface area contributed by atoms with Crippen molar-refractivity contribution in [3.05, 3.63) is 77.5 Å². The number of nitrogens with zero attached hydrogens (tertiary/aromatic N) is 1. The van der Waals surface area contributed by atoms with E-state index in [0.29, 0.717) is 12.0 Å². The molecule has 0 spiro atoms. The number of hydrogen-bond acceptors (Lipinski definition) is 2. The molecule has 24 heavy (non-hydrogen) atoms. The third-order valence-corrected chi connectivity index (χ3v) is 5.82. The molecule has 2 aromatic carbocycles. The highest BCUT2D eigenvalue weighted by Gasteiger charge is 2.28. The predicted octanol–water partition coefficient (Wildman–Crippen LogP) is 3.65. The van der Waals surface area contributed by atoms with Crippen LogP contribution in [0.1, 0.15) is 11.1 Å². The van der Waals surface area contributed by atoms with Gasteiger partial charge in [-0.2, -0.15) is 0 Å². The molecule has 1 aliphatic rings. The summed E-state index contributed by atoms with van der Waals surface area (Å²) in [7, 11) is -3.60. The molecular formula is C18H17F2NO2S. The SMILES string of the molecule is Cc1ccc(S(=O)(=O)N2C=CC(Cc3ccc(F)cc3F)C2)cc1. The number of hydrogen-bond donors (Lipinski definition) is 0. The van der Waals surface area contributed by atoms with Gasteiger partial charge in [0.1, 0.15) is 11.6 Å². The van der Waals surface area contributed by atoms with E-state index in [4.69, 9.17) is 0 Å². The summed E-state index contributed by atoms with van der Waals surface area (Å²) in [6.07, 6.45) is 3.58. The Bertz CT molecular complexity index is 876. The summed E-state index contributed by atoms with van der Waals surface area (Å²) in [5.41, 5.74) is 1.36. The first-order chi connectivity index (χ1) is 11.4. The zero-order valence-corrected chi connectivity index (χ0v) is 13.9. The lowest BCUT2D eigenvalue weighted by Crippen LogP contribution is -2.27. The monoisotopic (exact) mass is 349 g/mol. The Labute approximate surface area is 140 Å². The van der Waals surface area contributed by atoms with E-state index in [0.717, 1.165) is 11.6 Å². The van der Waals surface area contributed by atoms with Crippen LogP contribution >= 0.6 is 0 Å². The highest BCUT2D eigenvalue weighted by molar-refractivity contribution is 7.89. The normalized spacial score (nSPS) is 17.5. The average molecular weight is 349 g/mol. The number of aryl methyl sites for hydroxylation is 1. The number of rotatable bonds is 4. The van der Waals surface area contributed by atoms with Crippen molar-refractivity contribution < 1.29 is 17.2 Å². The molecule has 0 aromatic heterocycles. The smallest absolute Gasteiger partial charge is 0.263 e. The Morgan fingerprint density at radius 1 is 1.12 bits per heavy atom. The average Bonchev–Trinajstić information content (AvgIpc) is 3.00. The topological polar surface area (TPSA) is 37.4 Å². The van der Waals surface area contributed by atoms with Gasteiger partial charge in [0.25, 0.3) is 10.0 Å². The highest BCUT2D eigenvalue weighted by atomic mass is 32.2. The van der Waals surface area contributed by atoms with Gasteiger partial charge in [0.05, 0.1) is 4.90 Å². The molecule has 3 nitrogen and oxygen atoms in total. The fourth-order valence-corrected chi connectivity index (χ4v) is 4.07. The maximum atomic E-state index is 13.7. The van der Waals surface area contributed by atoms with Crippen LogP contribution in [0.15, 0.2) is 59.6 Å². The third kappa shape index (κ3) is 3.33. The van der Waals surface area contributed by atoms with Gasteiger partial charge in [0, 0.05) is 24.7 Å². The summed E-state index contributed by atoms with van der Waals surface area (Å²) in [6, 6.07) is 10.1. The standard InChI is InChI=1S/C18H17F2NO2S/c1-13-2-6-17(7-3-13)24(22,23)21-9-8-14(12-21)10-15-4-5-16(19)11-18(15)20/h2-9,11,14H,10,12H2,1H3. The Hall–Kier alpha value is -2.21. The number of sulfonamides is 1. The van der Waals surface area contributed by atoms with Crippen molar-refractivity contribution in [2.45, 2.75) is 18.2 Å². The van der Waals surface area contributed by atoms with Crippen LogP contribution in [0, 0.1) is 24.5 Å². The summed E-state index contributed by atoms with van der Waals surface area (Å²) in [6.45, 7) is 2.13. The molecule has 0 fully saturated rings. The Kier molecular flexibility index (Phi) is 4.41. The molecule has 1 unspecified atom stereocenters. The van der Waals surface area contributed by atoms with Gasteiger partial charge in [-0.15, -0.1) is 0 Å². The van der Waals surface area contributed by atoms with Gasteiger partial charge < -0.3 is 0 Å². The molecule has 0 aliphatic carbocycles. The molecule has 1 atom stereocenters. The van der Waals surface area contributed by atoms with E-state index in [1.54, 1.807) is 30.3 Å². The summed E-state index contributed by atoms with van der Waals surface area (Å²) in [5, 5.41) is 0. The maximum Gasteiger partial charge on any atom is 0.263 e. The molecule has 0 saturated carbocycles. The molecule has 1 heterocycles. The summed E-state index contributed by atoms with van der Waals surface area (Å²) in [5.74, 6) is -1.38. The Morgan fingerprint density at radius 3 is 2.50 bits per heavy atom. The molecule has 0 amide bonds. The van der Waals surface area contributed by atoms with Gasteiger partial charge in [-0.25, -0.2) is 17.2 Å². The van der Waals surface area contributed by atoms with Crippen LogP contribution in [0.2, 0.25) is 0 Å². The van der Waals surface area contributed by atoms with E-state index in [9.17, 15) is 17.2 Å². The second kappa shape index (κ2) is 6.36. The lowest BCUT2D eigenvalue weighted by molar-refractivity contribution is 0.474. The van der Waals surface area contributed by atoms with Gasteiger partial charge in [-0.1, -0.05) is 29.8 Å². The van der Waals surface area contributed by atoms with Crippen LogP contribution in [0.25, 0.3) is 0 Å². The second-order valence-corrected chi connectivity index (χ2v) is 7.82. The molecule has 3 rings (SSSR count). The van der Waals surface area contributed by atoms with Crippen LogP contribution in [-0.2, 0) is 16.4 Å². The van der Waals surface area contributed by atoms with E-state index in [1.807, 2.05) is 6.92 Å². The van der Waals surface area contributed by atoms with Gasteiger partial charge in [0.15, 0.2) is 0 Å². The molecule has 2 aromatic rings. The minimum atomic E-state index is -3.60. The molecule has 6 heteroatoms. The lowest BCUT2D eigenvalue weighted by atomic mass is 10.0. The molecule has 0 saturated heterocycles. The summed E-state index contributed by atoms with van der Waals surface area (Å²) in [4.78, 5) is 0.228. The van der Waals surface area contributed by atoms with Crippen molar-refractivity contribution in [2.75, 3.05) is 6.54 Å². The molecule has 0 radical (unpaired) electrons. The molecule has 0 bridgehead atoms. The van der Waals surface area contributed by atoms with Crippen LogP contribution < -0.4 is 0 Å². The van der Waals surface area contributed by atoms with Gasteiger partial charge in [0.2, 0.25) is 0 Å². The fraction of sp³-hybridized carbons (Fsp3) is 0.222. The van der Waals surface area contributed by atoms with Crippen LogP contribution in [-0.4, -0.2) is 19.3 Å². The first kappa shape index (κ1) is 16.6. The minimum Gasteiger partial charge on any atom is -0.273 e. The zero-order valence-electron chi connectivity index (χ0n) is 13.1. The van der Waals surface area contributed by atoms with Crippen molar-refractivity contribution in [3.8, 4) is 0 Å². The third-order valence-electron chi connectivity index (χ3n) is 4.06. The second-order valence-electron chi connectivity index (χ2n) is 5.93. The molecule has 126 valence electrons. The van der Waals surface area contributed by atoms with E-state index in [-0.39, 0.29) is 17.4 Å². The van der Waals surface area contributed by atoms with Gasteiger partial charge >= 0.3 is 0 Å². The van der Waals surface area contributed by atoms with E-state index in [2.05, 4.69) is 0 Å². The largest absolute Gasteiger partial charge is 0.273 e. The van der Waals surface area contributed by atoms with Crippen molar-refractivity contribution in [2.24, 2.45) is 5.92 Å². The quantitative estimate of drug-likeness (QED) is 0.845. The predicted molar refractivity (Wildman–Crippen MR) is 87.8 cm³/mol. The zero-order chi connectivity index (χ0) is 17.3. The van der Waals surface area contributed by atoms with E-state index in [1.165, 1.54) is 22.6 Å². The van der Waals surface area contributed by atoms with Crippen molar-refractivity contribution >= 4 is 10.0 Å². The Morgan fingerprint density at radius 2 is 1.83 bits per heavy atom. The van der Waals surface area contributed by atoms with E-state index < -0.39 is 21.7 Å². The fourth-order valence-electron chi connectivity index (χ4n) is 2.70. The summed E-state index contributed by atoms with van der Waals surface area (Å²) >= 11 is 0. The molecule has 1 aliphatic heterocycles. The van der Waals surface area contributed by atoms with Crippen LogP contribution in [0.5, 0.6) is 0 Å². The van der Waals surface area contributed by atoms with Crippen molar-refractivity contribution in [1.82, 2.24) is 4.31 Å². The van der Waals surface area contributed by atoms with Gasteiger partial charge in [-0.05, 0) is 37.1 Å². The van der Waals surface area contributed by atoms with Crippen molar-refractivity contribution in [3.63, 3.8) is 0 Å².